The number of aliphatic hydroxyl groups is 1. The number of imidazole rings is 1. The largest absolute Gasteiger partial charge is 0.395 e. The summed E-state index contributed by atoms with van der Waals surface area (Å²) in [5, 5.41) is 9.00. The van der Waals surface area contributed by atoms with Gasteiger partial charge >= 0.3 is 0 Å². The molecule has 0 atom stereocenters. The number of unbranched alkanes of at least 4 members (excludes halogenated alkanes) is 1. The topological polar surface area (TPSA) is 86.3 Å². The minimum Gasteiger partial charge on any atom is -0.395 e. The number of nitrogens with zero attached hydrogens (tertiary/aromatic N) is 2. The van der Waals surface area contributed by atoms with Crippen molar-refractivity contribution in [2.75, 3.05) is 19.7 Å². The number of rotatable bonds is 7. The Morgan fingerprint density at radius 3 is 2.65 bits per heavy atom. The van der Waals surface area contributed by atoms with Crippen molar-refractivity contribution in [3.8, 4) is 0 Å². The van der Waals surface area contributed by atoms with E-state index < -0.39 is 10.0 Å². The Bertz CT molecular complexity index is 441. The van der Waals surface area contributed by atoms with Gasteiger partial charge < -0.3 is 10.1 Å². The molecule has 0 fully saturated rings. The first-order valence-corrected chi connectivity index (χ1v) is 7.09. The molecule has 0 aliphatic heterocycles. The highest BCUT2D eigenvalue weighted by atomic mass is 32.2. The number of hydrogen-bond donors (Lipinski definition) is 2. The molecule has 6 nitrogen and oxygen atoms in total. The molecular weight excluding hydrogens is 242 g/mol. The zero-order valence-corrected chi connectivity index (χ0v) is 11.0. The number of sulfonamides is 1. The van der Waals surface area contributed by atoms with E-state index in [1.54, 1.807) is 6.92 Å². The van der Waals surface area contributed by atoms with Crippen LogP contribution >= 0.6 is 0 Å². The average molecular weight is 261 g/mol. The molecule has 7 heteroatoms. The summed E-state index contributed by atoms with van der Waals surface area (Å²) >= 11 is 0. The normalized spacial score (nSPS) is 12.2. The number of aromatic amines is 1. The highest BCUT2D eigenvalue weighted by Gasteiger charge is 2.25. The summed E-state index contributed by atoms with van der Waals surface area (Å²) < 4.78 is 25.7. The van der Waals surface area contributed by atoms with E-state index in [1.165, 1.54) is 10.5 Å². The van der Waals surface area contributed by atoms with E-state index in [0.29, 0.717) is 12.4 Å². The van der Waals surface area contributed by atoms with Gasteiger partial charge in [0.15, 0.2) is 5.03 Å². The van der Waals surface area contributed by atoms with Crippen LogP contribution in [0.4, 0.5) is 0 Å². The van der Waals surface area contributed by atoms with E-state index in [9.17, 15) is 8.42 Å². The third kappa shape index (κ3) is 3.52. The van der Waals surface area contributed by atoms with Gasteiger partial charge in [0.2, 0.25) is 0 Å². The van der Waals surface area contributed by atoms with Gasteiger partial charge in [0, 0.05) is 13.1 Å². The number of nitrogens with one attached hydrogen (secondary N) is 1. The van der Waals surface area contributed by atoms with Gasteiger partial charge in [-0.25, -0.2) is 13.4 Å². The van der Waals surface area contributed by atoms with Crippen molar-refractivity contribution >= 4 is 10.0 Å². The summed E-state index contributed by atoms with van der Waals surface area (Å²) in [4.78, 5) is 6.59. The van der Waals surface area contributed by atoms with Crippen molar-refractivity contribution in [3.63, 3.8) is 0 Å². The number of aryl methyl sites for hydroxylation is 1. The number of aliphatic hydroxyl groups excluding tert-OH is 1. The van der Waals surface area contributed by atoms with E-state index in [-0.39, 0.29) is 18.2 Å². The van der Waals surface area contributed by atoms with E-state index in [0.717, 1.165) is 12.8 Å². The molecule has 1 heterocycles. The van der Waals surface area contributed by atoms with Crippen LogP contribution in [0.3, 0.4) is 0 Å². The standard InChI is InChI=1S/C10H19N3O3S/c1-3-4-5-13(6-7-14)17(15,16)10-8-11-9(2)12-10/h8,14H,3-7H2,1-2H3,(H,11,12). The van der Waals surface area contributed by atoms with Crippen LogP contribution < -0.4 is 0 Å². The van der Waals surface area contributed by atoms with Crippen LogP contribution in [0.1, 0.15) is 25.6 Å². The molecule has 1 aromatic rings. The highest BCUT2D eigenvalue weighted by Crippen LogP contribution is 2.13. The SMILES string of the molecule is CCCCN(CCO)S(=O)(=O)c1cnc(C)[nH]1. The number of hydrogen-bond acceptors (Lipinski definition) is 4. The Kier molecular flexibility index (Phi) is 5.10. The van der Waals surface area contributed by atoms with Crippen LogP contribution in [-0.2, 0) is 10.0 Å². The molecule has 1 aromatic heterocycles. The maximum absolute atomic E-state index is 12.2. The van der Waals surface area contributed by atoms with E-state index in [1.807, 2.05) is 6.92 Å². The van der Waals surface area contributed by atoms with Gasteiger partial charge in [0.05, 0.1) is 12.8 Å². The molecule has 0 spiro atoms. The zero-order chi connectivity index (χ0) is 12.9. The van der Waals surface area contributed by atoms with E-state index >= 15 is 0 Å². The Balaban J connectivity index is 2.91. The van der Waals surface area contributed by atoms with Crippen LogP contribution in [0.15, 0.2) is 11.2 Å². The Morgan fingerprint density at radius 1 is 1.47 bits per heavy atom. The number of H-pyrrole nitrogens is 1. The Labute approximate surface area is 102 Å². The smallest absolute Gasteiger partial charge is 0.260 e. The molecule has 2 N–H and O–H groups in total. The highest BCUT2D eigenvalue weighted by molar-refractivity contribution is 7.89. The molecule has 0 aliphatic rings. The van der Waals surface area contributed by atoms with E-state index in [4.69, 9.17) is 5.11 Å². The molecule has 0 saturated heterocycles. The van der Waals surface area contributed by atoms with Gasteiger partial charge in [-0.3, -0.25) is 0 Å². The zero-order valence-electron chi connectivity index (χ0n) is 10.2. The third-order valence-corrected chi connectivity index (χ3v) is 4.22. The van der Waals surface area contributed by atoms with Gasteiger partial charge in [-0.2, -0.15) is 4.31 Å². The predicted octanol–water partition coefficient (Wildman–Crippen LogP) is 0.501. The summed E-state index contributed by atoms with van der Waals surface area (Å²) in [5.74, 6) is 0.558. The minimum absolute atomic E-state index is 0.0829. The second-order valence-electron chi connectivity index (χ2n) is 3.81. The van der Waals surface area contributed by atoms with Crippen LogP contribution in [-0.4, -0.2) is 47.5 Å². The molecule has 0 unspecified atom stereocenters. The second-order valence-corrected chi connectivity index (χ2v) is 5.72. The lowest BCUT2D eigenvalue weighted by atomic mass is 10.3. The fourth-order valence-electron chi connectivity index (χ4n) is 1.47. The van der Waals surface area contributed by atoms with Gasteiger partial charge in [-0.15, -0.1) is 0 Å². The fourth-order valence-corrected chi connectivity index (χ4v) is 2.90. The van der Waals surface area contributed by atoms with Crippen LogP contribution in [0.25, 0.3) is 0 Å². The first kappa shape index (κ1) is 14.1. The first-order valence-electron chi connectivity index (χ1n) is 5.65. The molecule has 17 heavy (non-hydrogen) atoms. The van der Waals surface area contributed by atoms with Gasteiger partial charge in [0.25, 0.3) is 10.0 Å². The quantitative estimate of drug-likeness (QED) is 0.748. The summed E-state index contributed by atoms with van der Waals surface area (Å²) in [6, 6.07) is 0. The fraction of sp³-hybridized carbons (Fsp3) is 0.700. The van der Waals surface area contributed by atoms with Crippen LogP contribution in [0.5, 0.6) is 0 Å². The molecule has 0 radical (unpaired) electrons. The molecule has 1 rings (SSSR count). The Morgan fingerprint density at radius 2 is 2.18 bits per heavy atom. The van der Waals surface area contributed by atoms with Crippen molar-refractivity contribution in [3.05, 3.63) is 12.0 Å². The maximum atomic E-state index is 12.2. The van der Waals surface area contributed by atoms with Crippen LogP contribution in [0, 0.1) is 6.92 Å². The number of aromatic nitrogens is 2. The second kappa shape index (κ2) is 6.13. The minimum atomic E-state index is -3.56. The predicted molar refractivity (Wildman–Crippen MR) is 64.1 cm³/mol. The van der Waals surface area contributed by atoms with E-state index in [2.05, 4.69) is 9.97 Å². The Hall–Kier alpha value is -0.920. The van der Waals surface area contributed by atoms with Crippen molar-refractivity contribution < 1.29 is 13.5 Å². The summed E-state index contributed by atoms with van der Waals surface area (Å²) in [5.41, 5.74) is 0. The molecule has 98 valence electrons. The third-order valence-electron chi connectivity index (χ3n) is 2.41. The first-order chi connectivity index (χ1) is 8.02. The van der Waals surface area contributed by atoms with Crippen molar-refractivity contribution in [2.45, 2.75) is 31.7 Å². The van der Waals surface area contributed by atoms with Gasteiger partial charge in [-0.1, -0.05) is 13.3 Å². The molecule has 0 saturated carbocycles. The van der Waals surface area contributed by atoms with Crippen molar-refractivity contribution in [2.24, 2.45) is 0 Å². The monoisotopic (exact) mass is 261 g/mol. The summed E-state index contributed by atoms with van der Waals surface area (Å²) in [6.07, 6.45) is 2.98. The molecule has 0 aromatic carbocycles. The summed E-state index contributed by atoms with van der Waals surface area (Å²) in [6.45, 7) is 4.03. The molecule has 0 bridgehead atoms. The molecule has 0 amide bonds. The van der Waals surface area contributed by atoms with Gasteiger partial charge in [-0.05, 0) is 13.3 Å². The lowest BCUT2D eigenvalue weighted by Crippen LogP contribution is -2.34. The van der Waals surface area contributed by atoms with Crippen molar-refractivity contribution in [1.29, 1.82) is 0 Å². The average Bonchev–Trinajstić information content (AvgIpc) is 2.71. The lowest BCUT2D eigenvalue weighted by molar-refractivity contribution is 0.252. The van der Waals surface area contributed by atoms with Gasteiger partial charge in [0.1, 0.15) is 5.82 Å². The molecule has 0 aliphatic carbocycles. The lowest BCUT2D eigenvalue weighted by Gasteiger charge is -2.19. The van der Waals surface area contributed by atoms with Crippen molar-refractivity contribution in [1.82, 2.24) is 14.3 Å². The maximum Gasteiger partial charge on any atom is 0.260 e. The molecular formula is C10H19N3O3S. The van der Waals surface area contributed by atoms with Crippen LogP contribution in [0.2, 0.25) is 0 Å². The summed E-state index contributed by atoms with van der Waals surface area (Å²) in [7, 11) is -3.56.